The monoisotopic (exact) mass is 984 g/mol. The molecule has 0 unspecified atom stereocenters. The summed E-state index contributed by atoms with van der Waals surface area (Å²) in [6, 6.07) is 16.0. The van der Waals surface area contributed by atoms with Crippen molar-refractivity contribution in [1.29, 1.82) is 0 Å². The minimum atomic E-state index is -1.21. The quantitative estimate of drug-likeness (QED) is 0.0460. The predicted octanol–water partition coefficient (Wildman–Crippen LogP) is 6.46. The van der Waals surface area contributed by atoms with Crippen LogP contribution in [-0.2, 0) is 88.2 Å². The number of nitrogens with zero attached hydrogens (tertiary/aromatic N) is 3. The molecule has 0 bridgehead atoms. The molecule has 0 fully saturated rings. The number of hydrogen-bond donors (Lipinski definition) is 2. The number of hydrogen-bond acceptors (Lipinski definition) is 15. The van der Waals surface area contributed by atoms with E-state index in [0.29, 0.717) is 91.3 Å². The normalized spacial score (nSPS) is 12.1. The van der Waals surface area contributed by atoms with E-state index >= 15 is 0 Å². The highest BCUT2D eigenvalue weighted by Gasteiger charge is 2.29. The first-order chi connectivity index (χ1) is 34.4. The van der Waals surface area contributed by atoms with Gasteiger partial charge in [0.25, 0.3) is 0 Å². The Morgan fingerprint density at radius 3 is 1.63 bits per heavy atom. The number of unbranched alkanes of at least 4 members (excludes halogenated alkanes) is 10. The third-order valence-corrected chi connectivity index (χ3v) is 10.9. The summed E-state index contributed by atoms with van der Waals surface area (Å²) in [5.74, 6) is -2.24. The molecule has 2 aromatic carbocycles. The van der Waals surface area contributed by atoms with Crippen molar-refractivity contribution in [2.75, 3.05) is 86.4 Å². The number of carbonyl (C=O) groups is 4. The highest BCUT2D eigenvalue weighted by atomic mass is 16.6. The molecule has 0 spiro atoms. The van der Waals surface area contributed by atoms with Crippen molar-refractivity contribution >= 4 is 23.8 Å². The molecule has 1 aromatic heterocycles. The van der Waals surface area contributed by atoms with Crippen LogP contribution in [0.5, 0.6) is 0 Å². The van der Waals surface area contributed by atoms with Gasteiger partial charge in [0.05, 0.1) is 98.6 Å². The number of benzene rings is 2. The SMILES string of the molecule is CCCCCCCCCCCCCC(=O)N[C@@H](COCc1cn(CCOCCOCCOCCOCCOCCOC)nn1)C(=O)N[C@H](CCC(=O)OCc1ccccc1)C(=O)OCc1ccccc1. The second-order valence-corrected chi connectivity index (χ2v) is 16.8. The number of nitrogens with one attached hydrogen (secondary N) is 2. The summed E-state index contributed by atoms with van der Waals surface area (Å²) in [6.45, 7) is 7.65. The van der Waals surface area contributed by atoms with Gasteiger partial charge in [0, 0.05) is 20.0 Å². The number of rotatable bonds is 45. The van der Waals surface area contributed by atoms with Crippen molar-refractivity contribution in [2.24, 2.45) is 0 Å². The molecule has 2 amide bonds. The van der Waals surface area contributed by atoms with Crippen molar-refractivity contribution in [3.63, 3.8) is 0 Å². The maximum absolute atomic E-state index is 14.0. The number of carbonyl (C=O) groups excluding carboxylic acids is 4. The van der Waals surface area contributed by atoms with Crippen molar-refractivity contribution < 1.29 is 61.8 Å². The van der Waals surface area contributed by atoms with Crippen LogP contribution in [0.3, 0.4) is 0 Å². The first-order valence-corrected chi connectivity index (χ1v) is 25.2. The van der Waals surface area contributed by atoms with Gasteiger partial charge in [0.15, 0.2) is 0 Å². The summed E-state index contributed by atoms with van der Waals surface area (Å²) in [6.07, 6.45) is 14.3. The van der Waals surface area contributed by atoms with E-state index in [2.05, 4.69) is 27.9 Å². The topological polar surface area (TPSA) is 206 Å². The summed E-state index contributed by atoms with van der Waals surface area (Å²) in [5, 5.41) is 13.9. The minimum Gasteiger partial charge on any atom is -0.461 e. The van der Waals surface area contributed by atoms with Crippen LogP contribution in [0.1, 0.15) is 114 Å². The fraction of sp³-hybridized carbons (Fsp3) is 0.654. The average molecular weight is 984 g/mol. The van der Waals surface area contributed by atoms with Crippen LogP contribution < -0.4 is 10.6 Å². The molecule has 18 nitrogen and oxygen atoms in total. The molecule has 0 aliphatic heterocycles. The molecular weight excluding hydrogens is 903 g/mol. The third-order valence-electron chi connectivity index (χ3n) is 10.9. The molecule has 2 atom stereocenters. The third kappa shape index (κ3) is 30.7. The Labute approximate surface area is 415 Å². The Morgan fingerprint density at radius 2 is 1.07 bits per heavy atom. The number of esters is 2. The van der Waals surface area contributed by atoms with Gasteiger partial charge >= 0.3 is 11.9 Å². The summed E-state index contributed by atoms with van der Waals surface area (Å²) >= 11 is 0. The average Bonchev–Trinajstić information content (AvgIpc) is 3.83. The lowest BCUT2D eigenvalue weighted by Gasteiger charge is -2.23. The van der Waals surface area contributed by atoms with E-state index in [1.165, 1.54) is 44.9 Å². The van der Waals surface area contributed by atoms with Gasteiger partial charge in [-0.3, -0.25) is 14.4 Å². The molecule has 18 heteroatoms. The van der Waals surface area contributed by atoms with Gasteiger partial charge in [-0.1, -0.05) is 137 Å². The fourth-order valence-electron chi connectivity index (χ4n) is 6.90. The second kappa shape index (κ2) is 40.9. The van der Waals surface area contributed by atoms with Crippen LogP contribution in [0.4, 0.5) is 0 Å². The predicted molar refractivity (Wildman–Crippen MR) is 262 cm³/mol. The Kier molecular flexibility index (Phi) is 34.7. The first kappa shape index (κ1) is 59.5. The molecule has 392 valence electrons. The molecule has 0 radical (unpaired) electrons. The molecule has 2 N–H and O–H groups in total. The second-order valence-electron chi connectivity index (χ2n) is 16.8. The Morgan fingerprint density at radius 1 is 0.557 bits per heavy atom. The van der Waals surface area contributed by atoms with Crippen molar-refractivity contribution in [3.05, 3.63) is 83.7 Å². The summed E-state index contributed by atoms with van der Waals surface area (Å²) in [5.41, 5.74) is 2.08. The molecule has 70 heavy (non-hydrogen) atoms. The Balaban J connectivity index is 1.47. The summed E-state index contributed by atoms with van der Waals surface area (Å²) < 4.78 is 51.0. The maximum Gasteiger partial charge on any atom is 0.328 e. The van der Waals surface area contributed by atoms with E-state index in [1.54, 1.807) is 18.0 Å². The zero-order chi connectivity index (χ0) is 50.0. The van der Waals surface area contributed by atoms with Crippen LogP contribution in [0.25, 0.3) is 0 Å². The molecule has 0 saturated carbocycles. The highest BCUT2D eigenvalue weighted by molar-refractivity contribution is 5.91. The summed E-state index contributed by atoms with van der Waals surface area (Å²) in [4.78, 5) is 53.5. The van der Waals surface area contributed by atoms with Gasteiger partial charge in [-0.25, -0.2) is 9.48 Å². The summed E-state index contributed by atoms with van der Waals surface area (Å²) in [7, 11) is 1.63. The largest absolute Gasteiger partial charge is 0.461 e. The van der Waals surface area contributed by atoms with Crippen LogP contribution in [0.2, 0.25) is 0 Å². The maximum atomic E-state index is 14.0. The molecule has 0 aliphatic carbocycles. The molecule has 0 aliphatic rings. The van der Waals surface area contributed by atoms with Crippen LogP contribution >= 0.6 is 0 Å². The van der Waals surface area contributed by atoms with Crippen molar-refractivity contribution in [2.45, 2.75) is 135 Å². The highest BCUT2D eigenvalue weighted by Crippen LogP contribution is 2.13. The minimum absolute atomic E-state index is 0.000244. The molecule has 3 aromatic rings. The molecule has 1 heterocycles. The van der Waals surface area contributed by atoms with E-state index in [9.17, 15) is 19.2 Å². The molecule has 0 saturated heterocycles. The van der Waals surface area contributed by atoms with E-state index in [0.717, 1.165) is 30.4 Å². The molecular formula is C52H81N5O13. The number of amides is 2. The lowest BCUT2D eigenvalue weighted by Crippen LogP contribution is -2.53. The van der Waals surface area contributed by atoms with Gasteiger partial charge in [-0.2, -0.15) is 0 Å². The van der Waals surface area contributed by atoms with Crippen LogP contribution in [0, 0.1) is 0 Å². The zero-order valence-electron chi connectivity index (χ0n) is 41.9. The van der Waals surface area contributed by atoms with Crippen molar-refractivity contribution in [1.82, 2.24) is 25.6 Å². The van der Waals surface area contributed by atoms with E-state index in [1.807, 2.05) is 60.7 Å². The standard InChI is InChI=1S/C52H81N5O13/c1-3-4-5-6-7-8-9-10-11-12-19-24-49(58)53-48(43-68-42-46-39-57(56-55-46)27-28-63-31-32-65-35-36-67-38-37-66-34-33-64-30-29-62-2)51(60)54-47(52(61)70-41-45-22-17-14-18-23-45)25-26-50(59)69-40-44-20-15-13-16-21-44/h13-18,20-23,39,47-48H,3-12,19,24-38,40-43H2,1-2H3,(H,53,58)(H,54,60)/t47-,48+/m1/s1. The van der Waals surface area contributed by atoms with E-state index in [-0.39, 0.29) is 51.6 Å². The Bertz CT molecular complexity index is 1770. The number of methoxy groups -OCH3 is 1. The smallest absolute Gasteiger partial charge is 0.328 e. The fourth-order valence-corrected chi connectivity index (χ4v) is 6.90. The van der Waals surface area contributed by atoms with E-state index < -0.39 is 29.9 Å². The zero-order valence-corrected chi connectivity index (χ0v) is 41.9. The van der Waals surface area contributed by atoms with Gasteiger partial charge in [0.1, 0.15) is 31.0 Å². The Hall–Kier alpha value is -4.82. The van der Waals surface area contributed by atoms with Gasteiger partial charge in [-0.15, -0.1) is 5.10 Å². The molecule has 3 rings (SSSR count). The lowest BCUT2D eigenvalue weighted by molar-refractivity contribution is -0.151. The van der Waals surface area contributed by atoms with Crippen molar-refractivity contribution in [3.8, 4) is 0 Å². The van der Waals surface area contributed by atoms with Crippen LogP contribution in [0.15, 0.2) is 66.9 Å². The van der Waals surface area contributed by atoms with Crippen LogP contribution in [-0.4, -0.2) is 137 Å². The first-order valence-electron chi connectivity index (χ1n) is 25.2. The number of ether oxygens (including phenoxy) is 9. The van der Waals surface area contributed by atoms with Gasteiger partial charge in [0.2, 0.25) is 11.8 Å². The van der Waals surface area contributed by atoms with Gasteiger partial charge < -0.3 is 53.3 Å². The lowest BCUT2D eigenvalue weighted by atomic mass is 10.1. The number of aromatic nitrogens is 3. The van der Waals surface area contributed by atoms with Gasteiger partial charge in [-0.05, 0) is 24.0 Å². The van der Waals surface area contributed by atoms with E-state index in [4.69, 9.17) is 42.6 Å².